The SMILES string of the molecule is COC(=O)C1=Cc2ccc3ccccc3c2C1. The Kier molecular flexibility index (Phi) is 2.22. The lowest BCUT2D eigenvalue weighted by molar-refractivity contribution is -0.136. The van der Waals surface area contributed by atoms with Crippen LogP contribution in [-0.2, 0) is 16.0 Å². The molecule has 2 heteroatoms. The van der Waals surface area contributed by atoms with Gasteiger partial charge >= 0.3 is 5.97 Å². The highest BCUT2D eigenvalue weighted by Gasteiger charge is 2.20. The second-order valence-corrected chi connectivity index (χ2v) is 4.19. The summed E-state index contributed by atoms with van der Waals surface area (Å²) in [5.74, 6) is -0.231. The zero-order valence-corrected chi connectivity index (χ0v) is 9.57. The number of esters is 1. The van der Waals surface area contributed by atoms with Crippen molar-refractivity contribution in [1.29, 1.82) is 0 Å². The maximum atomic E-state index is 11.5. The van der Waals surface area contributed by atoms with Crippen LogP contribution in [0.4, 0.5) is 0 Å². The largest absolute Gasteiger partial charge is 0.466 e. The summed E-state index contributed by atoms with van der Waals surface area (Å²) in [5, 5.41) is 2.44. The van der Waals surface area contributed by atoms with E-state index in [1.807, 2.05) is 18.2 Å². The molecule has 0 unspecified atom stereocenters. The first kappa shape index (κ1) is 10.1. The van der Waals surface area contributed by atoms with Crippen molar-refractivity contribution in [2.45, 2.75) is 6.42 Å². The van der Waals surface area contributed by atoms with Gasteiger partial charge in [-0.3, -0.25) is 0 Å². The number of fused-ring (bicyclic) bond motifs is 3. The predicted octanol–water partition coefficient (Wildman–Crippen LogP) is 2.95. The third-order valence-corrected chi connectivity index (χ3v) is 3.22. The van der Waals surface area contributed by atoms with Crippen LogP contribution in [0.2, 0.25) is 0 Å². The van der Waals surface area contributed by atoms with Crippen molar-refractivity contribution in [3.63, 3.8) is 0 Å². The Hall–Kier alpha value is -2.09. The summed E-state index contributed by atoms with van der Waals surface area (Å²) in [5.41, 5.74) is 3.09. The fraction of sp³-hybridized carbons (Fsp3) is 0.133. The van der Waals surface area contributed by atoms with E-state index in [2.05, 4.69) is 24.3 Å². The minimum Gasteiger partial charge on any atom is -0.466 e. The van der Waals surface area contributed by atoms with Gasteiger partial charge in [0.25, 0.3) is 0 Å². The summed E-state index contributed by atoms with van der Waals surface area (Å²) in [4.78, 5) is 11.5. The molecule has 0 fully saturated rings. The number of rotatable bonds is 1. The van der Waals surface area contributed by atoms with Gasteiger partial charge in [-0.2, -0.15) is 0 Å². The molecule has 0 heterocycles. The number of ether oxygens (including phenoxy) is 1. The molecule has 3 rings (SSSR count). The van der Waals surface area contributed by atoms with E-state index in [0.717, 1.165) is 11.1 Å². The fourth-order valence-corrected chi connectivity index (χ4v) is 2.38. The lowest BCUT2D eigenvalue weighted by Crippen LogP contribution is -2.04. The summed E-state index contributed by atoms with van der Waals surface area (Å²) in [7, 11) is 1.42. The quantitative estimate of drug-likeness (QED) is 0.696. The number of benzene rings is 2. The van der Waals surface area contributed by atoms with Crippen molar-refractivity contribution < 1.29 is 9.53 Å². The lowest BCUT2D eigenvalue weighted by Gasteiger charge is -2.04. The van der Waals surface area contributed by atoms with Crippen LogP contribution in [0.25, 0.3) is 16.8 Å². The Bertz CT molecular complexity index is 638. The summed E-state index contributed by atoms with van der Waals surface area (Å²) < 4.78 is 4.77. The molecular formula is C15H12O2. The summed E-state index contributed by atoms with van der Waals surface area (Å²) >= 11 is 0. The Balaban J connectivity index is 2.14. The van der Waals surface area contributed by atoms with E-state index in [9.17, 15) is 4.79 Å². The molecule has 0 bridgehead atoms. The maximum Gasteiger partial charge on any atom is 0.334 e. The van der Waals surface area contributed by atoms with E-state index >= 15 is 0 Å². The topological polar surface area (TPSA) is 26.3 Å². The van der Waals surface area contributed by atoms with Crippen LogP contribution in [-0.4, -0.2) is 13.1 Å². The Labute approximate surface area is 99.5 Å². The number of methoxy groups -OCH3 is 1. The van der Waals surface area contributed by atoms with E-state index in [4.69, 9.17) is 4.74 Å². The summed E-state index contributed by atoms with van der Waals surface area (Å²) in [6.07, 6.45) is 2.59. The van der Waals surface area contributed by atoms with Gasteiger partial charge in [0.05, 0.1) is 7.11 Å². The molecule has 0 amide bonds. The molecule has 1 aliphatic carbocycles. The molecule has 0 N–H and O–H groups in total. The van der Waals surface area contributed by atoms with E-state index in [1.165, 1.54) is 23.4 Å². The van der Waals surface area contributed by atoms with E-state index in [-0.39, 0.29) is 5.97 Å². The van der Waals surface area contributed by atoms with Gasteiger partial charge in [0, 0.05) is 12.0 Å². The van der Waals surface area contributed by atoms with Gasteiger partial charge in [0.1, 0.15) is 0 Å². The van der Waals surface area contributed by atoms with E-state index in [1.54, 1.807) is 0 Å². The van der Waals surface area contributed by atoms with Crippen LogP contribution in [0.1, 0.15) is 11.1 Å². The first-order valence-electron chi connectivity index (χ1n) is 5.59. The monoisotopic (exact) mass is 224 g/mol. The number of hydrogen-bond acceptors (Lipinski definition) is 2. The van der Waals surface area contributed by atoms with E-state index in [0.29, 0.717) is 6.42 Å². The Morgan fingerprint density at radius 3 is 2.82 bits per heavy atom. The number of hydrogen-bond donors (Lipinski definition) is 0. The standard InChI is InChI=1S/C15H12O2/c1-17-15(16)12-8-11-7-6-10-4-2-3-5-13(10)14(11)9-12/h2-8H,9H2,1H3. The highest BCUT2D eigenvalue weighted by atomic mass is 16.5. The Morgan fingerprint density at radius 2 is 2.00 bits per heavy atom. The highest BCUT2D eigenvalue weighted by molar-refractivity contribution is 6.00. The van der Waals surface area contributed by atoms with Crippen molar-refractivity contribution in [2.24, 2.45) is 0 Å². The molecule has 0 aromatic heterocycles. The minimum absolute atomic E-state index is 0.231. The van der Waals surface area contributed by atoms with Crippen LogP contribution in [0, 0.1) is 0 Å². The number of carbonyl (C=O) groups excluding carboxylic acids is 1. The molecule has 2 nitrogen and oxygen atoms in total. The average molecular weight is 224 g/mol. The van der Waals surface area contributed by atoms with Crippen molar-refractivity contribution >= 4 is 22.8 Å². The van der Waals surface area contributed by atoms with Crippen LogP contribution >= 0.6 is 0 Å². The third-order valence-electron chi connectivity index (χ3n) is 3.22. The normalized spacial score (nSPS) is 13.4. The molecular weight excluding hydrogens is 212 g/mol. The predicted molar refractivity (Wildman–Crippen MR) is 67.6 cm³/mol. The first-order chi connectivity index (χ1) is 8.29. The second kappa shape index (κ2) is 3.74. The minimum atomic E-state index is -0.231. The van der Waals surface area contributed by atoms with Crippen molar-refractivity contribution in [3.8, 4) is 0 Å². The molecule has 0 radical (unpaired) electrons. The molecule has 17 heavy (non-hydrogen) atoms. The van der Waals surface area contributed by atoms with Crippen molar-refractivity contribution in [1.82, 2.24) is 0 Å². The van der Waals surface area contributed by atoms with Crippen LogP contribution in [0.3, 0.4) is 0 Å². The zero-order chi connectivity index (χ0) is 11.8. The molecule has 0 atom stereocenters. The smallest absolute Gasteiger partial charge is 0.334 e. The molecule has 1 aliphatic rings. The second-order valence-electron chi connectivity index (χ2n) is 4.19. The van der Waals surface area contributed by atoms with Crippen molar-refractivity contribution in [3.05, 3.63) is 53.1 Å². The molecule has 84 valence electrons. The molecule has 0 saturated heterocycles. The van der Waals surface area contributed by atoms with Gasteiger partial charge in [0.15, 0.2) is 0 Å². The molecule has 0 saturated carbocycles. The van der Waals surface area contributed by atoms with Gasteiger partial charge < -0.3 is 4.74 Å². The van der Waals surface area contributed by atoms with Gasteiger partial charge in [-0.05, 0) is 28.0 Å². The van der Waals surface area contributed by atoms with Crippen molar-refractivity contribution in [2.75, 3.05) is 7.11 Å². The van der Waals surface area contributed by atoms with Gasteiger partial charge in [-0.25, -0.2) is 4.79 Å². The molecule has 0 aliphatic heterocycles. The summed E-state index contributed by atoms with van der Waals surface area (Å²) in [6.45, 7) is 0. The molecule has 2 aromatic carbocycles. The first-order valence-corrected chi connectivity index (χ1v) is 5.59. The van der Waals surface area contributed by atoms with Crippen LogP contribution in [0.15, 0.2) is 42.0 Å². The lowest BCUT2D eigenvalue weighted by atomic mass is 10.00. The molecule has 2 aromatic rings. The Morgan fingerprint density at radius 1 is 1.18 bits per heavy atom. The van der Waals surface area contributed by atoms with Crippen LogP contribution in [0.5, 0.6) is 0 Å². The van der Waals surface area contributed by atoms with Gasteiger partial charge in [-0.1, -0.05) is 36.4 Å². The fourth-order valence-electron chi connectivity index (χ4n) is 2.38. The average Bonchev–Trinajstić information content (AvgIpc) is 2.82. The van der Waals surface area contributed by atoms with E-state index < -0.39 is 0 Å². The maximum absolute atomic E-state index is 11.5. The molecule has 0 spiro atoms. The van der Waals surface area contributed by atoms with Gasteiger partial charge in [-0.15, -0.1) is 0 Å². The summed E-state index contributed by atoms with van der Waals surface area (Å²) in [6, 6.07) is 12.4. The number of carbonyl (C=O) groups is 1. The van der Waals surface area contributed by atoms with Crippen LogP contribution < -0.4 is 0 Å². The highest BCUT2D eigenvalue weighted by Crippen LogP contribution is 2.31. The van der Waals surface area contributed by atoms with Gasteiger partial charge in [0.2, 0.25) is 0 Å². The zero-order valence-electron chi connectivity index (χ0n) is 9.57. The third kappa shape index (κ3) is 1.53.